The Morgan fingerprint density at radius 2 is 1.22 bits per heavy atom. The Morgan fingerprint density at radius 3 is 1.50 bits per heavy atom. The third-order valence-electron chi connectivity index (χ3n) is 1.90. The van der Waals surface area contributed by atoms with Crippen LogP contribution in [0.3, 0.4) is 0 Å². The minimum atomic E-state index is -0.642. The van der Waals surface area contributed by atoms with Crippen molar-refractivity contribution in [3.05, 3.63) is 60.1 Å². The minimum Gasteiger partial charge on any atom is -0.428 e. The highest BCUT2D eigenvalue weighted by atomic mass is 16.5. The second-order valence-electron chi connectivity index (χ2n) is 3.73. The van der Waals surface area contributed by atoms with Crippen molar-refractivity contribution in [3.63, 3.8) is 0 Å². The molecule has 0 aliphatic rings. The summed E-state index contributed by atoms with van der Waals surface area (Å²) in [5.74, 6) is -0.778. The van der Waals surface area contributed by atoms with Crippen molar-refractivity contribution in [1.29, 1.82) is 0 Å². The molecule has 0 atom stereocenters. The highest BCUT2D eigenvalue weighted by molar-refractivity contribution is 6.03. The zero-order valence-corrected chi connectivity index (χ0v) is 10.4. The zero-order chi connectivity index (χ0) is 13.7. The first-order valence-electron chi connectivity index (χ1n) is 5.26. The van der Waals surface area contributed by atoms with Crippen LogP contribution >= 0.6 is 0 Å². The molecule has 0 saturated heterocycles. The first-order valence-corrected chi connectivity index (χ1v) is 5.26. The second kappa shape index (κ2) is 5.82. The molecule has 0 saturated carbocycles. The largest absolute Gasteiger partial charge is 0.428 e. The van der Waals surface area contributed by atoms with Crippen LogP contribution in [0.15, 0.2) is 48.9 Å². The van der Waals surface area contributed by atoms with Crippen LogP contribution in [0.2, 0.25) is 0 Å². The van der Waals surface area contributed by atoms with E-state index in [1.807, 2.05) is 0 Å². The van der Waals surface area contributed by atoms with Gasteiger partial charge in [-0.05, 0) is 26.0 Å². The van der Waals surface area contributed by atoms with Gasteiger partial charge in [-0.1, -0.05) is 25.3 Å². The Morgan fingerprint density at radius 1 is 0.889 bits per heavy atom. The molecule has 0 aromatic heterocycles. The van der Waals surface area contributed by atoms with Crippen LogP contribution < -0.4 is 0 Å². The molecular formula is C14H14O4. The molecule has 0 bridgehead atoms. The highest BCUT2D eigenvalue weighted by Crippen LogP contribution is 2.14. The lowest BCUT2D eigenvalue weighted by molar-refractivity contribution is 0.0581. The van der Waals surface area contributed by atoms with Crippen molar-refractivity contribution in [2.75, 3.05) is 0 Å². The highest BCUT2D eigenvalue weighted by Gasteiger charge is 2.19. The normalized spacial score (nSPS) is 9.44. The summed E-state index contributed by atoms with van der Waals surface area (Å²) in [5, 5.41) is 0. The summed E-state index contributed by atoms with van der Waals surface area (Å²) in [6, 6.07) is 6.24. The average Bonchev–Trinajstić information content (AvgIpc) is 2.27. The molecule has 0 spiro atoms. The van der Waals surface area contributed by atoms with Gasteiger partial charge in [-0.2, -0.15) is 0 Å². The molecule has 4 heteroatoms. The van der Waals surface area contributed by atoms with Crippen LogP contribution in [0.4, 0.5) is 0 Å². The first-order chi connectivity index (χ1) is 8.41. The standard InChI is InChI=1S/C14H14O4/c1-9(2)17-13(15)11-7-5-6-8-12(11)14(16)18-10(3)4/h5-8H,1,3H2,2,4H3. The van der Waals surface area contributed by atoms with E-state index in [-0.39, 0.29) is 22.6 Å². The Balaban J connectivity index is 3.06. The molecule has 0 amide bonds. The molecule has 94 valence electrons. The fourth-order valence-electron chi connectivity index (χ4n) is 1.27. The van der Waals surface area contributed by atoms with E-state index in [1.54, 1.807) is 26.0 Å². The number of ether oxygens (including phenoxy) is 2. The van der Waals surface area contributed by atoms with Gasteiger partial charge in [-0.15, -0.1) is 0 Å². The van der Waals surface area contributed by atoms with E-state index in [0.29, 0.717) is 0 Å². The Labute approximate surface area is 106 Å². The Hall–Kier alpha value is -2.36. The number of hydrogen-bond acceptors (Lipinski definition) is 4. The number of benzene rings is 1. The van der Waals surface area contributed by atoms with Crippen molar-refractivity contribution in [2.24, 2.45) is 0 Å². The van der Waals surface area contributed by atoms with E-state index < -0.39 is 11.9 Å². The summed E-state index contributed by atoms with van der Waals surface area (Å²) in [6.07, 6.45) is 0. The van der Waals surface area contributed by atoms with Crippen LogP contribution in [0.1, 0.15) is 34.6 Å². The molecule has 0 aliphatic heterocycles. The number of rotatable bonds is 4. The van der Waals surface area contributed by atoms with E-state index in [1.165, 1.54) is 12.1 Å². The van der Waals surface area contributed by atoms with Crippen molar-refractivity contribution in [3.8, 4) is 0 Å². The van der Waals surface area contributed by atoms with Crippen molar-refractivity contribution in [1.82, 2.24) is 0 Å². The van der Waals surface area contributed by atoms with Crippen molar-refractivity contribution >= 4 is 11.9 Å². The molecule has 0 radical (unpaired) electrons. The number of hydrogen-bond donors (Lipinski definition) is 0. The van der Waals surface area contributed by atoms with Gasteiger partial charge < -0.3 is 9.47 Å². The van der Waals surface area contributed by atoms with E-state index in [9.17, 15) is 9.59 Å². The summed E-state index contributed by atoms with van der Waals surface area (Å²) in [6.45, 7) is 10.0. The van der Waals surface area contributed by atoms with Gasteiger partial charge in [-0.25, -0.2) is 9.59 Å². The molecule has 1 aromatic rings. The number of carbonyl (C=O) groups is 2. The number of allylic oxidation sites excluding steroid dienone is 2. The molecule has 18 heavy (non-hydrogen) atoms. The zero-order valence-electron chi connectivity index (χ0n) is 10.4. The number of esters is 2. The molecule has 0 fully saturated rings. The maximum atomic E-state index is 11.8. The number of carbonyl (C=O) groups excluding carboxylic acids is 2. The average molecular weight is 246 g/mol. The van der Waals surface area contributed by atoms with Gasteiger partial charge in [0.2, 0.25) is 0 Å². The SMILES string of the molecule is C=C(C)OC(=O)c1ccccc1C(=O)OC(=C)C. The van der Waals surface area contributed by atoms with Crippen molar-refractivity contribution in [2.45, 2.75) is 13.8 Å². The summed E-state index contributed by atoms with van der Waals surface area (Å²) in [5.41, 5.74) is 0.263. The molecule has 0 heterocycles. The van der Waals surface area contributed by atoms with Crippen LogP contribution in [0, 0.1) is 0 Å². The summed E-state index contributed by atoms with van der Waals surface area (Å²) in [7, 11) is 0. The van der Waals surface area contributed by atoms with Gasteiger partial charge in [0, 0.05) is 0 Å². The topological polar surface area (TPSA) is 52.6 Å². The van der Waals surface area contributed by atoms with E-state index in [4.69, 9.17) is 9.47 Å². The Bertz CT molecular complexity index is 467. The predicted molar refractivity (Wildman–Crippen MR) is 66.9 cm³/mol. The van der Waals surface area contributed by atoms with Crippen LogP contribution in [0.25, 0.3) is 0 Å². The monoisotopic (exact) mass is 246 g/mol. The fraction of sp³-hybridized carbons (Fsp3) is 0.143. The van der Waals surface area contributed by atoms with Gasteiger partial charge in [0.25, 0.3) is 0 Å². The van der Waals surface area contributed by atoms with Crippen LogP contribution in [-0.4, -0.2) is 11.9 Å². The van der Waals surface area contributed by atoms with Crippen LogP contribution in [-0.2, 0) is 9.47 Å². The second-order valence-corrected chi connectivity index (χ2v) is 3.73. The van der Waals surface area contributed by atoms with Gasteiger partial charge in [0.1, 0.15) is 0 Å². The third kappa shape index (κ3) is 3.59. The van der Waals surface area contributed by atoms with E-state index >= 15 is 0 Å². The minimum absolute atomic E-state index is 0.131. The lowest BCUT2D eigenvalue weighted by Crippen LogP contribution is -2.12. The first kappa shape index (κ1) is 13.7. The summed E-state index contributed by atoms with van der Waals surface area (Å²) >= 11 is 0. The summed E-state index contributed by atoms with van der Waals surface area (Å²) < 4.78 is 9.74. The van der Waals surface area contributed by atoms with E-state index in [0.717, 1.165) is 0 Å². The lowest BCUT2D eigenvalue weighted by Gasteiger charge is -2.08. The molecular weight excluding hydrogens is 232 g/mol. The maximum absolute atomic E-state index is 11.8. The van der Waals surface area contributed by atoms with Gasteiger partial charge >= 0.3 is 11.9 Å². The molecule has 1 aromatic carbocycles. The molecule has 0 aliphatic carbocycles. The lowest BCUT2D eigenvalue weighted by atomic mass is 10.1. The summed E-state index contributed by atoms with van der Waals surface area (Å²) in [4.78, 5) is 23.5. The molecule has 0 N–H and O–H groups in total. The Kier molecular flexibility index (Phi) is 4.43. The van der Waals surface area contributed by atoms with Gasteiger partial charge in [-0.3, -0.25) is 0 Å². The van der Waals surface area contributed by atoms with E-state index in [2.05, 4.69) is 13.2 Å². The van der Waals surface area contributed by atoms with Crippen LogP contribution in [0.5, 0.6) is 0 Å². The third-order valence-corrected chi connectivity index (χ3v) is 1.90. The van der Waals surface area contributed by atoms with Gasteiger partial charge in [0.15, 0.2) is 0 Å². The smallest absolute Gasteiger partial charge is 0.344 e. The fourth-order valence-corrected chi connectivity index (χ4v) is 1.27. The quantitative estimate of drug-likeness (QED) is 0.605. The predicted octanol–water partition coefficient (Wildman–Crippen LogP) is 3.07. The van der Waals surface area contributed by atoms with Gasteiger partial charge in [0.05, 0.1) is 22.6 Å². The maximum Gasteiger partial charge on any atom is 0.344 e. The molecule has 1 rings (SSSR count). The molecule has 0 unspecified atom stereocenters. The van der Waals surface area contributed by atoms with Crippen molar-refractivity contribution < 1.29 is 19.1 Å². The molecule has 4 nitrogen and oxygen atoms in total.